The van der Waals surface area contributed by atoms with E-state index in [1.807, 2.05) is 13.8 Å². The summed E-state index contributed by atoms with van der Waals surface area (Å²) in [7, 11) is 0. The zero-order valence-electron chi connectivity index (χ0n) is 16.2. The fraction of sp³-hybridized carbons (Fsp3) is 0.190. The third kappa shape index (κ3) is 3.74. The van der Waals surface area contributed by atoms with E-state index < -0.39 is 17.8 Å². The predicted octanol–water partition coefficient (Wildman–Crippen LogP) is 4.01. The monoisotopic (exact) mass is 393 g/mol. The number of aromatic nitrogens is 4. The summed E-state index contributed by atoms with van der Waals surface area (Å²) in [6, 6.07) is 9.31. The van der Waals surface area contributed by atoms with Gasteiger partial charge in [0.15, 0.2) is 0 Å². The maximum Gasteiger partial charge on any atom is 0.255 e. The van der Waals surface area contributed by atoms with Crippen LogP contribution in [-0.4, -0.2) is 30.9 Å². The Bertz CT molecular complexity index is 1230. The molecule has 0 aliphatic rings. The zero-order valence-corrected chi connectivity index (χ0v) is 16.2. The summed E-state index contributed by atoms with van der Waals surface area (Å²) in [5, 5.41) is 12.4. The van der Waals surface area contributed by atoms with Gasteiger partial charge in [0.05, 0.1) is 16.7 Å². The topological polar surface area (TPSA) is 107 Å². The van der Waals surface area contributed by atoms with E-state index in [-0.39, 0.29) is 5.56 Å². The van der Waals surface area contributed by atoms with Gasteiger partial charge in [-0.25, -0.2) is 14.4 Å². The quantitative estimate of drug-likeness (QED) is 0.420. The number of anilines is 1. The SMILES string of the molecule is Cc1nc(-c2cc(F)cc(C(=O)Nc3ccc4nc(C(C)O)[nH]c4c3)c2)c(C)[nH]1. The van der Waals surface area contributed by atoms with Crippen molar-refractivity contribution in [3.05, 3.63) is 65.1 Å². The van der Waals surface area contributed by atoms with Gasteiger partial charge >= 0.3 is 0 Å². The Morgan fingerprint density at radius 1 is 1.14 bits per heavy atom. The number of rotatable bonds is 4. The van der Waals surface area contributed by atoms with Gasteiger partial charge in [-0.15, -0.1) is 0 Å². The van der Waals surface area contributed by atoms with Gasteiger partial charge in [-0.1, -0.05) is 0 Å². The number of aliphatic hydroxyl groups is 1. The van der Waals surface area contributed by atoms with E-state index in [0.29, 0.717) is 33.8 Å². The van der Waals surface area contributed by atoms with Crippen molar-refractivity contribution in [2.45, 2.75) is 26.9 Å². The third-order valence-corrected chi connectivity index (χ3v) is 4.59. The summed E-state index contributed by atoms with van der Waals surface area (Å²) >= 11 is 0. The van der Waals surface area contributed by atoms with Crippen LogP contribution in [0.2, 0.25) is 0 Å². The van der Waals surface area contributed by atoms with Gasteiger partial charge in [-0.05, 0) is 57.2 Å². The molecule has 2 aromatic heterocycles. The number of aromatic amines is 2. The average Bonchev–Trinajstić information content (AvgIpc) is 3.23. The molecule has 2 heterocycles. The molecule has 1 unspecified atom stereocenters. The lowest BCUT2D eigenvalue weighted by atomic mass is 10.1. The molecule has 0 fully saturated rings. The molecule has 0 saturated carbocycles. The van der Waals surface area contributed by atoms with E-state index in [1.165, 1.54) is 12.1 Å². The summed E-state index contributed by atoms with van der Waals surface area (Å²) < 4.78 is 14.2. The van der Waals surface area contributed by atoms with Crippen LogP contribution >= 0.6 is 0 Å². The van der Waals surface area contributed by atoms with Gasteiger partial charge in [-0.3, -0.25) is 4.79 Å². The van der Waals surface area contributed by atoms with Gasteiger partial charge in [0, 0.05) is 22.5 Å². The highest BCUT2D eigenvalue weighted by atomic mass is 19.1. The normalized spacial score (nSPS) is 12.3. The number of fused-ring (bicyclic) bond motifs is 1. The van der Waals surface area contributed by atoms with Crippen LogP contribution < -0.4 is 5.32 Å². The summed E-state index contributed by atoms with van der Waals surface area (Å²) in [5.74, 6) is 0.212. The van der Waals surface area contributed by atoms with Crippen molar-refractivity contribution in [3.63, 3.8) is 0 Å². The predicted molar refractivity (Wildman–Crippen MR) is 108 cm³/mol. The Balaban J connectivity index is 1.63. The third-order valence-electron chi connectivity index (χ3n) is 4.59. The number of aliphatic hydroxyl groups excluding tert-OH is 1. The second kappa shape index (κ2) is 7.14. The van der Waals surface area contributed by atoms with E-state index >= 15 is 0 Å². The highest BCUT2D eigenvalue weighted by Gasteiger charge is 2.15. The molecule has 0 aliphatic heterocycles. The molecule has 1 amide bonds. The summed E-state index contributed by atoms with van der Waals surface area (Å²) in [6.07, 6.45) is -0.722. The number of halogens is 1. The number of aryl methyl sites for hydroxylation is 2. The number of imidazole rings is 2. The van der Waals surface area contributed by atoms with Crippen molar-refractivity contribution in [2.75, 3.05) is 5.32 Å². The molecule has 4 N–H and O–H groups in total. The number of amides is 1. The lowest BCUT2D eigenvalue weighted by Gasteiger charge is -2.08. The number of carbonyl (C=O) groups is 1. The molecule has 4 rings (SSSR count). The van der Waals surface area contributed by atoms with Gasteiger partial charge in [0.25, 0.3) is 5.91 Å². The van der Waals surface area contributed by atoms with Crippen LogP contribution in [0.5, 0.6) is 0 Å². The van der Waals surface area contributed by atoms with E-state index in [1.54, 1.807) is 31.2 Å². The highest BCUT2D eigenvalue weighted by Crippen LogP contribution is 2.25. The molecule has 2 aromatic carbocycles. The lowest BCUT2D eigenvalue weighted by Crippen LogP contribution is -2.12. The number of hydrogen-bond acceptors (Lipinski definition) is 4. The number of hydrogen-bond donors (Lipinski definition) is 4. The average molecular weight is 393 g/mol. The minimum Gasteiger partial charge on any atom is -0.385 e. The molecule has 0 spiro atoms. The van der Waals surface area contributed by atoms with Gasteiger partial charge < -0.3 is 20.4 Å². The number of nitrogens with one attached hydrogen (secondary N) is 3. The van der Waals surface area contributed by atoms with Gasteiger partial charge in [-0.2, -0.15) is 0 Å². The molecule has 148 valence electrons. The molecule has 7 nitrogen and oxygen atoms in total. The fourth-order valence-electron chi connectivity index (χ4n) is 3.26. The summed E-state index contributed by atoms with van der Waals surface area (Å²) in [4.78, 5) is 27.5. The maximum atomic E-state index is 14.2. The van der Waals surface area contributed by atoms with Crippen LogP contribution in [0.15, 0.2) is 36.4 Å². The largest absolute Gasteiger partial charge is 0.385 e. The van der Waals surface area contributed by atoms with E-state index in [2.05, 4.69) is 25.3 Å². The molecular weight excluding hydrogens is 373 g/mol. The highest BCUT2D eigenvalue weighted by molar-refractivity contribution is 6.05. The first-order chi connectivity index (χ1) is 13.8. The molecule has 29 heavy (non-hydrogen) atoms. The Labute approximate surface area is 166 Å². The molecular formula is C21H20FN5O2. The standard InChI is InChI=1S/C21H20FN5O2/c1-10-19(24-12(3)23-10)13-6-14(8-15(22)7-13)21(29)25-16-4-5-17-18(9-16)27-20(26-17)11(2)28/h4-9,11,28H,1-3H3,(H,23,24)(H,25,29)(H,26,27). The van der Waals surface area contributed by atoms with Crippen molar-refractivity contribution in [3.8, 4) is 11.3 Å². The summed E-state index contributed by atoms with van der Waals surface area (Å²) in [6.45, 7) is 5.28. The number of carbonyl (C=O) groups excluding carboxylic acids is 1. The Morgan fingerprint density at radius 2 is 1.93 bits per heavy atom. The number of nitrogens with zero attached hydrogens (tertiary/aromatic N) is 2. The second-order valence-electron chi connectivity index (χ2n) is 7.01. The van der Waals surface area contributed by atoms with Crippen LogP contribution in [0.3, 0.4) is 0 Å². The number of benzene rings is 2. The molecule has 8 heteroatoms. The maximum absolute atomic E-state index is 14.2. The molecule has 0 aliphatic carbocycles. The molecule has 4 aromatic rings. The van der Waals surface area contributed by atoms with Crippen LogP contribution in [0.25, 0.3) is 22.3 Å². The van der Waals surface area contributed by atoms with Crippen LogP contribution in [-0.2, 0) is 0 Å². The molecule has 0 bridgehead atoms. The second-order valence-corrected chi connectivity index (χ2v) is 7.01. The van der Waals surface area contributed by atoms with Crippen molar-refractivity contribution in [1.29, 1.82) is 0 Å². The Kier molecular flexibility index (Phi) is 4.63. The first kappa shape index (κ1) is 18.8. The number of H-pyrrole nitrogens is 2. The first-order valence-electron chi connectivity index (χ1n) is 9.13. The van der Waals surface area contributed by atoms with E-state index in [4.69, 9.17) is 0 Å². The van der Waals surface area contributed by atoms with Crippen molar-refractivity contribution in [1.82, 2.24) is 19.9 Å². The zero-order chi connectivity index (χ0) is 20.7. The first-order valence-corrected chi connectivity index (χ1v) is 9.13. The smallest absolute Gasteiger partial charge is 0.255 e. The Morgan fingerprint density at radius 3 is 2.62 bits per heavy atom. The van der Waals surface area contributed by atoms with Crippen LogP contribution in [0, 0.1) is 19.7 Å². The van der Waals surface area contributed by atoms with Gasteiger partial charge in [0.2, 0.25) is 0 Å². The van der Waals surface area contributed by atoms with E-state index in [0.717, 1.165) is 11.5 Å². The molecule has 0 radical (unpaired) electrons. The fourth-order valence-corrected chi connectivity index (χ4v) is 3.26. The van der Waals surface area contributed by atoms with Crippen molar-refractivity contribution >= 4 is 22.6 Å². The van der Waals surface area contributed by atoms with Crippen LogP contribution in [0.4, 0.5) is 10.1 Å². The molecule has 1 atom stereocenters. The van der Waals surface area contributed by atoms with Crippen LogP contribution in [0.1, 0.15) is 40.7 Å². The minimum atomic E-state index is -0.722. The lowest BCUT2D eigenvalue weighted by molar-refractivity contribution is 0.102. The molecule has 0 saturated heterocycles. The van der Waals surface area contributed by atoms with Crippen molar-refractivity contribution < 1.29 is 14.3 Å². The summed E-state index contributed by atoms with van der Waals surface area (Å²) in [5.41, 5.74) is 4.02. The van der Waals surface area contributed by atoms with Gasteiger partial charge in [0.1, 0.15) is 23.6 Å². The van der Waals surface area contributed by atoms with Crippen molar-refractivity contribution in [2.24, 2.45) is 0 Å². The minimum absolute atomic E-state index is 0.189. The Hall–Kier alpha value is -3.52. The van der Waals surface area contributed by atoms with E-state index in [9.17, 15) is 14.3 Å².